The number of hydrogen-bond donors (Lipinski definition) is 2. The molecular formula is C16H18N2O2. The summed E-state index contributed by atoms with van der Waals surface area (Å²) in [7, 11) is 0. The van der Waals surface area contributed by atoms with Crippen LogP contribution in [0.3, 0.4) is 0 Å². The second-order valence-corrected chi connectivity index (χ2v) is 4.98. The molecule has 104 valence electrons. The molecule has 2 rings (SSSR count). The Morgan fingerprint density at radius 2 is 1.95 bits per heavy atom. The van der Waals surface area contributed by atoms with Crippen LogP contribution >= 0.6 is 0 Å². The number of carbonyl (C=O) groups excluding carboxylic acids is 1. The fourth-order valence-corrected chi connectivity index (χ4v) is 2.24. The Balaban J connectivity index is 2.17. The second-order valence-electron chi connectivity index (χ2n) is 4.98. The van der Waals surface area contributed by atoms with E-state index in [-0.39, 0.29) is 23.2 Å². The minimum atomic E-state index is -0.282. The van der Waals surface area contributed by atoms with E-state index >= 15 is 0 Å². The van der Waals surface area contributed by atoms with E-state index < -0.39 is 0 Å². The minimum Gasteiger partial charge on any atom is -0.344 e. The predicted molar refractivity (Wildman–Crippen MR) is 78.9 cm³/mol. The zero-order chi connectivity index (χ0) is 14.7. The molecule has 20 heavy (non-hydrogen) atoms. The van der Waals surface area contributed by atoms with Gasteiger partial charge in [-0.15, -0.1) is 0 Å². The molecule has 0 bridgehead atoms. The molecule has 1 heterocycles. The highest BCUT2D eigenvalue weighted by Crippen LogP contribution is 2.18. The third-order valence-electron chi connectivity index (χ3n) is 3.25. The summed E-state index contributed by atoms with van der Waals surface area (Å²) in [5, 5.41) is 2.89. The van der Waals surface area contributed by atoms with E-state index in [1.807, 2.05) is 32.9 Å². The Morgan fingerprint density at radius 1 is 1.20 bits per heavy atom. The van der Waals surface area contributed by atoms with Gasteiger partial charge in [-0.25, -0.2) is 0 Å². The fraction of sp³-hybridized carbons (Fsp3) is 0.250. The van der Waals surface area contributed by atoms with Gasteiger partial charge in [0.2, 0.25) is 5.56 Å². The topological polar surface area (TPSA) is 62.0 Å². The van der Waals surface area contributed by atoms with E-state index in [1.165, 1.54) is 11.6 Å². The van der Waals surface area contributed by atoms with Gasteiger partial charge in [-0.1, -0.05) is 29.8 Å². The van der Waals surface area contributed by atoms with Crippen LogP contribution < -0.4 is 10.9 Å². The average molecular weight is 270 g/mol. The molecule has 0 saturated heterocycles. The number of amides is 1. The monoisotopic (exact) mass is 270 g/mol. The molecule has 0 spiro atoms. The van der Waals surface area contributed by atoms with Gasteiger partial charge in [0.15, 0.2) is 0 Å². The molecule has 1 aromatic heterocycles. The Hall–Kier alpha value is -2.36. The van der Waals surface area contributed by atoms with E-state index in [0.717, 1.165) is 11.1 Å². The number of carbonyl (C=O) groups is 1. The van der Waals surface area contributed by atoms with Crippen molar-refractivity contribution in [2.75, 3.05) is 0 Å². The molecule has 1 amide bonds. The average Bonchev–Trinajstić information content (AvgIpc) is 2.38. The molecule has 1 aromatic carbocycles. The first kappa shape index (κ1) is 14.1. The molecule has 4 heteroatoms. The highest BCUT2D eigenvalue weighted by Gasteiger charge is 2.13. The first-order valence-corrected chi connectivity index (χ1v) is 6.54. The summed E-state index contributed by atoms with van der Waals surface area (Å²) in [5.41, 5.74) is 3.39. The lowest BCUT2D eigenvalue weighted by Crippen LogP contribution is -2.29. The van der Waals surface area contributed by atoms with Crippen LogP contribution in [-0.2, 0) is 0 Å². The summed E-state index contributed by atoms with van der Waals surface area (Å²) in [6.07, 6.45) is 0. The lowest BCUT2D eigenvalue weighted by molar-refractivity contribution is 0.0934. The van der Waals surface area contributed by atoms with Crippen molar-refractivity contribution in [1.82, 2.24) is 10.3 Å². The standard InChI is InChI=1S/C16H18N2O2/c1-10-7-8-13(11(2)9-10)12(3)17-16(20)14-5-4-6-15(19)18-14/h4-9,12H,1-3H3,(H,17,20)(H,18,19). The SMILES string of the molecule is Cc1ccc(C(C)NC(=O)c2cccc(=O)[nH]2)c(C)c1. The van der Waals surface area contributed by atoms with E-state index in [0.29, 0.717) is 0 Å². The van der Waals surface area contributed by atoms with Crippen molar-refractivity contribution in [2.24, 2.45) is 0 Å². The number of nitrogens with one attached hydrogen (secondary N) is 2. The highest BCUT2D eigenvalue weighted by molar-refractivity contribution is 5.92. The molecule has 2 aromatic rings. The maximum atomic E-state index is 12.1. The van der Waals surface area contributed by atoms with Crippen molar-refractivity contribution in [1.29, 1.82) is 0 Å². The van der Waals surface area contributed by atoms with Crippen molar-refractivity contribution in [3.8, 4) is 0 Å². The molecule has 0 radical (unpaired) electrons. The van der Waals surface area contributed by atoms with Gasteiger partial charge in [-0.05, 0) is 38.0 Å². The van der Waals surface area contributed by atoms with Crippen LogP contribution in [0.5, 0.6) is 0 Å². The van der Waals surface area contributed by atoms with Gasteiger partial charge in [0.25, 0.3) is 5.91 Å². The third kappa shape index (κ3) is 3.15. The molecule has 2 N–H and O–H groups in total. The number of pyridine rings is 1. The van der Waals surface area contributed by atoms with Gasteiger partial charge in [-0.2, -0.15) is 0 Å². The molecule has 4 nitrogen and oxygen atoms in total. The second kappa shape index (κ2) is 5.74. The number of rotatable bonds is 3. The van der Waals surface area contributed by atoms with Crippen molar-refractivity contribution in [3.05, 3.63) is 69.1 Å². The smallest absolute Gasteiger partial charge is 0.268 e. The Labute approximate surface area is 117 Å². The maximum absolute atomic E-state index is 12.1. The number of aromatic nitrogens is 1. The van der Waals surface area contributed by atoms with Gasteiger partial charge in [0, 0.05) is 6.07 Å². The van der Waals surface area contributed by atoms with Gasteiger partial charge in [0.1, 0.15) is 5.69 Å². The zero-order valence-corrected chi connectivity index (χ0v) is 11.9. The summed E-state index contributed by atoms with van der Waals surface area (Å²) in [6, 6.07) is 10.5. The molecule has 0 aliphatic heterocycles. The van der Waals surface area contributed by atoms with Crippen LogP contribution in [-0.4, -0.2) is 10.9 Å². The number of aromatic amines is 1. The van der Waals surface area contributed by atoms with E-state index in [2.05, 4.69) is 16.4 Å². The number of H-pyrrole nitrogens is 1. The summed E-state index contributed by atoms with van der Waals surface area (Å²) in [5.74, 6) is -0.282. The summed E-state index contributed by atoms with van der Waals surface area (Å²) < 4.78 is 0. The molecular weight excluding hydrogens is 252 g/mol. The predicted octanol–water partition coefficient (Wildman–Crippen LogP) is 2.48. The maximum Gasteiger partial charge on any atom is 0.268 e. The lowest BCUT2D eigenvalue weighted by atomic mass is 10.0. The van der Waals surface area contributed by atoms with Crippen LogP contribution in [0.1, 0.15) is 40.1 Å². The molecule has 0 aliphatic rings. The van der Waals surface area contributed by atoms with Crippen LogP contribution in [0.2, 0.25) is 0 Å². The first-order chi connectivity index (χ1) is 9.47. The summed E-state index contributed by atoms with van der Waals surface area (Å²) >= 11 is 0. The largest absolute Gasteiger partial charge is 0.344 e. The molecule has 0 aliphatic carbocycles. The Bertz CT molecular complexity index is 689. The number of benzene rings is 1. The van der Waals surface area contributed by atoms with E-state index in [4.69, 9.17) is 0 Å². The Kier molecular flexibility index (Phi) is 4.03. The van der Waals surface area contributed by atoms with Crippen molar-refractivity contribution >= 4 is 5.91 Å². The number of hydrogen-bond acceptors (Lipinski definition) is 2. The van der Waals surface area contributed by atoms with Crippen LogP contribution in [0.15, 0.2) is 41.2 Å². The quantitative estimate of drug-likeness (QED) is 0.900. The summed E-state index contributed by atoms with van der Waals surface area (Å²) in [4.78, 5) is 25.8. The highest BCUT2D eigenvalue weighted by atomic mass is 16.2. The van der Waals surface area contributed by atoms with Crippen molar-refractivity contribution in [3.63, 3.8) is 0 Å². The molecule has 0 fully saturated rings. The molecule has 1 unspecified atom stereocenters. The summed E-state index contributed by atoms with van der Waals surface area (Å²) in [6.45, 7) is 5.99. The van der Waals surface area contributed by atoms with Crippen LogP contribution in [0, 0.1) is 13.8 Å². The van der Waals surface area contributed by atoms with Gasteiger partial charge >= 0.3 is 0 Å². The van der Waals surface area contributed by atoms with Crippen LogP contribution in [0.25, 0.3) is 0 Å². The number of aryl methyl sites for hydroxylation is 2. The van der Waals surface area contributed by atoms with Gasteiger partial charge in [-0.3, -0.25) is 9.59 Å². The minimum absolute atomic E-state index is 0.119. The van der Waals surface area contributed by atoms with Gasteiger partial charge in [0.05, 0.1) is 6.04 Å². The Morgan fingerprint density at radius 3 is 2.60 bits per heavy atom. The van der Waals surface area contributed by atoms with Crippen molar-refractivity contribution < 1.29 is 4.79 Å². The van der Waals surface area contributed by atoms with E-state index in [9.17, 15) is 9.59 Å². The molecule has 0 saturated carbocycles. The normalized spacial score (nSPS) is 11.9. The lowest BCUT2D eigenvalue weighted by Gasteiger charge is -2.17. The first-order valence-electron chi connectivity index (χ1n) is 6.54. The fourth-order valence-electron chi connectivity index (χ4n) is 2.24. The molecule has 1 atom stereocenters. The zero-order valence-electron chi connectivity index (χ0n) is 11.9. The third-order valence-corrected chi connectivity index (χ3v) is 3.25. The van der Waals surface area contributed by atoms with Gasteiger partial charge < -0.3 is 10.3 Å². The van der Waals surface area contributed by atoms with E-state index in [1.54, 1.807) is 12.1 Å². The van der Waals surface area contributed by atoms with Crippen LogP contribution in [0.4, 0.5) is 0 Å². The van der Waals surface area contributed by atoms with Crippen molar-refractivity contribution in [2.45, 2.75) is 26.8 Å².